The van der Waals surface area contributed by atoms with E-state index in [1.54, 1.807) is 24.6 Å². The summed E-state index contributed by atoms with van der Waals surface area (Å²) < 4.78 is 9.68. The maximum absolute atomic E-state index is 12.4. The minimum atomic E-state index is -0.530. The van der Waals surface area contributed by atoms with E-state index < -0.39 is 6.09 Å². The molecule has 0 saturated carbocycles. The van der Waals surface area contributed by atoms with Crippen molar-refractivity contribution in [3.05, 3.63) is 65.2 Å². The quantitative estimate of drug-likeness (QED) is 0.658. The molecule has 0 spiro atoms. The van der Waals surface area contributed by atoms with Crippen LogP contribution in [-0.2, 0) is 11.3 Å². The largest absolute Gasteiger partial charge is 0.497 e. The molecule has 2 aromatic carbocycles. The maximum atomic E-state index is 12.4. The Labute approximate surface area is 166 Å². The molecule has 0 saturated heterocycles. The number of nitrogens with one attached hydrogen (secondary N) is 2. The van der Waals surface area contributed by atoms with Gasteiger partial charge in [-0.1, -0.05) is 12.1 Å². The second-order valence-electron chi connectivity index (χ2n) is 5.76. The molecule has 1 heterocycles. The Kier molecular flexibility index (Phi) is 6.23. The Morgan fingerprint density at radius 2 is 1.75 bits per heavy atom. The van der Waals surface area contributed by atoms with Crippen LogP contribution in [0.1, 0.15) is 16.1 Å². The lowest BCUT2D eigenvalue weighted by molar-refractivity contribution is 0.0946. The summed E-state index contributed by atoms with van der Waals surface area (Å²) in [6.07, 6.45) is -0.530. The van der Waals surface area contributed by atoms with Crippen molar-refractivity contribution in [2.45, 2.75) is 6.54 Å². The van der Waals surface area contributed by atoms with Crippen molar-refractivity contribution in [1.82, 2.24) is 10.3 Å². The van der Waals surface area contributed by atoms with Crippen molar-refractivity contribution >= 4 is 29.0 Å². The normalized spacial score (nSPS) is 10.2. The predicted molar refractivity (Wildman–Crippen MR) is 108 cm³/mol. The number of aromatic nitrogens is 1. The molecule has 0 aliphatic carbocycles. The number of nitrogens with zero attached hydrogens (tertiary/aromatic N) is 1. The molecule has 0 fully saturated rings. The number of methoxy groups -OCH3 is 2. The first-order valence-corrected chi connectivity index (χ1v) is 9.29. The minimum Gasteiger partial charge on any atom is -0.497 e. The first-order chi connectivity index (χ1) is 13.6. The Morgan fingerprint density at radius 1 is 1.04 bits per heavy atom. The summed E-state index contributed by atoms with van der Waals surface area (Å²) in [6, 6.07) is 14.6. The molecule has 0 bridgehead atoms. The maximum Gasteiger partial charge on any atom is 0.411 e. The smallest absolute Gasteiger partial charge is 0.411 e. The van der Waals surface area contributed by atoms with Gasteiger partial charge >= 0.3 is 6.09 Å². The summed E-state index contributed by atoms with van der Waals surface area (Å²) >= 11 is 1.41. The van der Waals surface area contributed by atoms with Gasteiger partial charge in [0.15, 0.2) is 0 Å². The summed E-state index contributed by atoms with van der Waals surface area (Å²) in [5, 5.41) is 7.92. The van der Waals surface area contributed by atoms with Gasteiger partial charge in [-0.2, -0.15) is 0 Å². The van der Waals surface area contributed by atoms with Crippen molar-refractivity contribution in [2.24, 2.45) is 0 Å². The molecule has 0 radical (unpaired) electrons. The molecule has 144 valence electrons. The van der Waals surface area contributed by atoms with Crippen LogP contribution in [0.15, 0.2) is 53.9 Å². The lowest BCUT2D eigenvalue weighted by Crippen LogP contribution is -2.23. The lowest BCUT2D eigenvalue weighted by atomic mass is 10.2. The average Bonchev–Trinajstić information content (AvgIpc) is 3.23. The van der Waals surface area contributed by atoms with Crippen LogP contribution in [0.5, 0.6) is 5.75 Å². The van der Waals surface area contributed by atoms with E-state index in [9.17, 15) is 9.59 Å². The number of benzene rings is 2. The van der Waals surface area contributed by atoms with E-state index in [1.807, 2.05) is 36.4 Å². The molecule has 3 rings (SSSR count). The molecule has 3 aromatic rings. The number of hydrogen-bond donors (Lipinski definition) is 2. The van der Waals surface area contributed by atoms with E-state index >= 15 is 0 Å². The van der Waals surface area contributed by atoms with E-state index in [2.05, 4.69) is 20.4 Å². The second-order valence-corrected chi connectivity index (χ2v) is 6.62. The third-order valence-corrected chi connectivity index (χ3v) is 4.80. The zero-order valence-electron chi connectivity index (χ0n) is 15.4. The van der Waals surface area contributed by atoms with Gasteiger partial charge in [0.1, 0.15) is 16.5 Å². The van der Waals surface area contributed by atoms with Gasteiger partial charge in [-0.15, -0.1) is 11.3 Å². The van der Waals surface area contributed by atoms with Gasteiger partial charge in [0.25, 0.3) is 5.91 Å². The zero-order chi connectivity index (χ0) is 19.9. The summed E-state index contributed by atoms with van der Waals surface area (Å²) in [4.78, 5) is 27.9. The van der Waals surface area contributed by atoms with Crippen LogP contribution in [0, 0.1) is 0 Å². The molecule has 1 aromatic heterocycles. The molecular weight excluding hydrogens is 378 g/mol. The fourth-order valence-corrected chi connectivity index (χ4v) is 3.20. The van der Waals surface area contributed by atoms with Crippen molar-refractivity contribution < 1.29 is 19.1 Å². The van der Waals surface area contributed by atoms with Crippen LogP contribution in [-0.4, -0.2) is 31.2 Å². The summed E-state index contributed by atoms with van der Waals surface area (Å²) in [5.74, 6) is 0.527. The molecule has 2 N–H and O–H groups in total. The van der Waals surface area contributed by atoms with Crippen LogP contribution < -0.4 is 15.4 Å². The highest BCUT2D eigenvalue weighted by molar-refractivity contribution is 7.13. The van der Waals surface area contributed by atoms with Crippen LogP contribution in [0.25, 0.3) is 10.6 Å². The van der Waals surface area contributed by atoms with E-state index in [0.29, 0.717) is 17.9 Å². The van der Waals surface area contributed by atoms with Crippen molar-refractivity contribution in [3.63, 3.8) is 0 Å². The molecule has 0 unspecified atom stereocenters. The number of ether oxygens (including phenoxy) is 2. The molecule has 2 amide bonds. The molecule has 0 aliphatic rings. The number of hydrogen-bond acceptors (Lipinski definition) is 6. The Morgan fingerprint density at radius 3 is 2.39 bits per heavy atom. The Bertz CT molecular complexity index is 952. The SMILES string of the molecule is COC(=O)Nc1ccc(CNC(=O)c2csc(-c3ccc(OC)cc3)n2)cc1. The van der Waals surface area contributed by atoms with Gasteiger partial charge in [0.05, 0.1) is 14.2 Å². The van der Waals surface area contributed by atoms with Gasteiger partial charge in [-0.25, -0.2) is 9.78 Å². The molecule has 0 atom stereocenters. The Balaban J connectivity index is 1.58. The van der Waals surface area contributed by atoms with Gasteiger partial charge in [-0.3, -0.25) is 10.1 Å². The molecule has 8 heteroatoms. The van der Waals surface area contributed by atoms with Crippen molar-refractivity contribution in [1.29, 1.82) is 0 Å². The number of amides is 2. The number of thiazole rings is 1. The predicted octanol–water partition coefficient (Wildman–Crippen LogP) is 3.93. The summed E-state index contributed by atoms with van der Waals surface area (Å²) in [5.41, 5.74) is 2.82. The third-order valence-electron chi connectivity index (χ3n) is 3.91. The summed E-state index contributed by atoms with van der Waals surface area (Å²) in [7, 11) is 2.92. The average molecular weight is 397 g/mol. The number of carbonyl (C=O) groups is 2. The van der Waals surface area contributed by atoms with Crippen LogP contribution in [0.3, 0.4) is 0 Å². The number of anilines is 1. The first-order valence-electron chi connectivity index (χ1n) is 8.41. The van der Waals surface area contributed by atoms with Gasteiger partial charge in [0, 0.05) is 23.2 Å². The fraction of sp³-hybridized carbons (Fsp3) is 0.150. The van der Waals surface area contributed by atoms with Crippen LogP contribution in [0.2, 0.25) is 0 Å². The summed E-state index contributed by atoms with van der Waals surface area (Å²) in [6.45, 7) is 0.354. The standard InChI is InChI=1S/C20H19N3O4S/c1-26-16-9-5-14(6-10-16)19-23-17(12-28-19)18(24)21-11-13-3-7-15(8-4-13)22-20(25)27-2/h3-10,12H,11H2,1-2H3,(H,21,24)(H,22,25). The van der Waals surface area contributed by atoms with Gasteiger partial charge < -0.3 is 14.8 Å². The minimum absolute atomic E-state index is 0.243. The van der Waals surface area contributed by atoms with E-state index in [-0.39, 0.29) is 5.91 Å². The highest BCUT2D eigenvalue weighted by Crippen LogP contribution is 2.25. The van der Waals surface area contributed by atoms with Crippen LogP contribution in [0.4, 0.5) is 10.5 Å². The highest BCUT2D eigenvalue weighted by Gasteiger charge is 2.12. The first kappa shape index (κ1) is 19.4. The van der Waals surface area contributed by atoms with Crippen molar-refractivity contribution in [2.75, 3.05) is 19.5 Å². The van der Waals surface area contributed by atoms with E-state index in [0.717, 1.165) is 21.9 Å². The Hall–Kier alpha value is -3.39. The van der Waals surface area contributed by atoms with Gasteiger partial charge in [0.2, 0.25) is 0 Å². The zero-order valence-corrected chi connectivity index (χ0v) is 16.2. The monoisotopic (exact) mass is 397 g/mol. The van der Waals surface area contributed by atoms with E-state index in [4.69, 9.17) is 4.74 Å². The van der Waals surface area contributed by atoms with E-state index in [1.165, 1.54) is 18.4 Å². The van der Waals surface area contributed by atoms with Gasteiger partial charge in [-0.05, 0) is 42.0 Å². The molecule has 28 heavy (non-hydrogen) atoms. The molecule has 7 nitrogen and oxygen atoms in total. The fourth-order valence-electron chi connectivity index (χ4n) is 2.39. The van der Waals surface area contributed by atoms with Crippen molar-refractivity contribution in [3.8, 4) is 16.3 Å². The number of rotatable bonds is 6. The molecule has 0 aliphatic heterocycles. The molecular formula is C20H19N3O4S. The second kappa shape index (κ2) is 9.01. The lowest BCUT2D eigenvalue weighted by Gasteiger charge is -2.06. The highest BCUT2D eigenvalue weighted by atomic mass is 32.1. The number of carbonyl (C=O) groups excluding carboxylic acids is 2. The van der Waals surface area contributed by atoms with Crippen LogP contribution >= 0.6 is 11.3 Å². The third kappa shape index (κ3) is 4.86. The topological polar surface area (TPSA) is 89.6 Å².